The van der Waals surface area contributed by atoms with Gasteiger partial charge in [0.2, 0.25) is 5.91 Å². The van der Waals surface area contributed by atoms with Crippen LogP contribution in [0.3, 0.4) is 0 Å². The van der Waals surface area contributed by atoms with E-state index in [1.807, 2.05) is 54.6 Å². The van der Waals surface area contributed by atoms with Crippen molar-refractivity contribution in [1.82, 2.24) is 5.32 Å². The number of aliphatic carboxylic acids is 1. The van der Waals surface area contributed by atoms with Gasteiger partial charge in [-0.2, -0.15) is 0 Å². The number of benzene rings is 2. The first-order valence-corrected chi connectivity index (χ1v) is 9.35. The number of ether oxygens (including phenoxy) is 1. The first-order valence-electron chi connectivity index (χ1n) is 9.35. The Balaban J connectivity index is 1.26. The second-order valence-electron chi connectivity index (χ2n) is 7.60. The molecule has 0 heterocycles. The number of carboxylic acids is 1. The molecule has 5 heteroatoms. The average molecular weight is 365 g/mol. The van der Waals surface area contributed by atoms with E-state index in [-0.39, 0.29) is 24.3 Å². The lowest BCUT2D eigenvalue weighted by molar-refractivity contribution is -0.143. The Labute approximate surface area is 158 Å². The summed E-state index contributed by atoms with van der Waals surface area (Å²) >= 11 is 0. The first-order chi connectivity index (χ1) is 13.1. The molecule has 4 rings (SSSR count). The number of carbonyl (C=O) groups excluding carboxylic acids is 1. The van der Waals surface area contributed by atoms with Crippen LogP contribution in [0.2, 0.25) is 0 Å². The van der Waals surface area contributed by atoms with Gasteiger partial charge in [-0.15, -0.1) is 0 Å². The van der Waals surface area contributed by atoms with E-state index in [1.165, 1.54) is 0 Å². The molecule has 0 saturated heterocycles. The molecule has 2 fully saturated rings. The largest absolute Gasteiger partial charge is 0.489 e. The van der Waals surface area contributed by atoms with Gasteiger partial charge in [-0.05, 0) is 48.4 Å². The van der Waals surface area contributed by atoms with Crippen LogP contribution in [0.1, 0.15) is 36.3 Å². The molecule has 0 radical (unpaired) electrons. The fourth-order valence-corrected chi connectivity index (χ4v) is 3.41. The first kappa shape index (κ1) is 17.6. The Morgan fingerprint density at radius 2 is 1.78 bits per heavy atom. The number of nitrogens with one attached hydrogen (secondary N) is 1. The Morgan fingerprint density at radius 1 is 1.07 bits per heavy atom. The van der Waals surface area contributed by atoms with Crippen molar-refractivity contribution in [2.24, 2.45) is 11.3 Å². The summed E-state index contributed by atoms with van der Waals surface area (Å²) in [6, 6.07) is 17.9. The van der Waals surface area contributed by atoms with Gasteiger partial charge < -0.3 is 15.2 Å². The molecule has 2 unspecified atom stereocenters. The van der Waals surface area contributed by atoms with Crippen molar-refractivity contribution >= 4 is 11.9 Å². The summed E-state index contributed by atoms with van der Waals surface area (Å²) in [6.07, 6.45) is 2.12. The Morgan fingerprint density at radius 3 is 2.41 bits per heavy atom. The van der Waals surface area contributed by atoms with E-state index in [9.17, 15) is 14.7 Å². The van der Waals surface area contributed by atoms with Crippen molar-refractivity contribution < 1.29 is 19.4 Å². The molecule has 0 aromatic heterocycles. The van der Waals surface area contributed by atoms with Gasteiger partial charge in [-0.25, -0.2) is 0 Å². The van der Waals surface area contributed by atoms with E-state index in [0.717, 1.165) is 23.3 Å². The summed E-state index contributed by atoms with van der Waals surface area (Å²) in [4.78, 5) is 23.5. The van der Waals surface area contributed by atoms with E-state index in [2.05, 4.69) is 5.32 Å². The summed E-state index contributed by atoms with van der Waals surface area (Å²) in [5.74, 6) is 0.137. The van der Waals surface area contributed by atoms with Gasteiger partial charge in [0.05, 0.1) is 5.41 Å². The molecular formula is C22H23NO4. The fraction of sp³-hybridized carbons (Fsp3) is 0.364. The lowest BCUT2D eigenvalue weighted by atomic mass is 10.1. The van der Waals surface area contributed by atoms with Crippen molar-refractivity contribution in [3.05, 3.63) is 65.7 Å². The average Bonchev–Trinajstić information content (AvgIpc) is 3.60. The zero-order chi connectivity index (χ0) is 18.9. The minimum atomic E-state index is -0.804. The van der Waals surface area contributed by atoms with Gasteiger partial charge in [0.1, 0.15) is 12.4 Å². The van der Waals surface area contributed by atoms with Gasteiger partial charge in [-0.1, -0.05) is 42.5 Å². The normalized spacial score (nSPS) is 21.9. The molecule has 2 atom stereocenters. The van der Waals surface area contributed by atoms with E-state index in [0.29, 0.717) is 19.4 Å². The monoisotopic (exact) mass is 365 g/mol. The van der Waals surface area contributed by atoms with Crippen LogP contribution in [0.4, 0.5) is 0 Å². The second-order valence-corrected chi connectivity index (χ2v) is 7.60. The predicted octanol–water partition coefficient (Wildman–Crippen LogP) is 3.35. The molecule has 2 aromatic carbocycles. The van der Waals surface area contributed by atoms with Gasteiger partial charge in [-0.3, -0.25) is 9.59 Å². The molecule has 5 nitrogen and oxygen atoms in total. The van der Waals surface area contributed by atoms with Crippen molar-refractivity contribution in [1.29, 1.82) is 0 Å². The summed E-state index contributed by atoms with van der Waals surface area (Å²) in [6.45, 7) is 0.774. The summed E-state index contributed by atoms with van der Waals surface area (Å²) in [5, 5.41) is 12.0. The lowest BCUT2D eigenvalue weighted by Gasteiger charge is -2.11. The van der Waals surface area contributed by atoms with Crippen molar-refractivity contribution in [2.45, 2.75) is 31.8 Å². The van der Waals surface area contributed by atoms with Crippen LogP contribution < -0.4 is 10.1 Å². The maximum absolute atomic E-state index is 12.3. The fourth-order valence-electron chi connectivity index (χ4n) is 3.41. The third kappa shape index (κ3) is 3.97. The van der Waals surface area contributed by atoms with Crippen LogP contribution in [-0.2, 0) is 16.2 Å². The lowest BCUT2D eigenvalue weighted by Crippen LogP contribution is -2.35. The number of hydrogen-bond donors (Lipinski definition) is 2. The summed E-state index contributed by atoms with van der Waals surface area (Å²) < 4.78 is 5.79. The topological polar surface area (TPSA) is 75.6 Å². The van der Waals surface area contributed by atoms with E-state index in [4.69, 9.17) is 4.74 Å². The summed E-state index contributed by atoms with van der Waals surface area (Å²) in [5.41, 5.74) is 1.54. The molecule has 2 aliphatic rings. The Bertz CT molecular complexity index is 827. The maximum atomic E-state index is 12.3. The van der Waals surface area contributed by atoms with Crippen LogP contribution >= 0.6 is 0 Å². The third-order valence-corrected chi connectivity index (χ3v) is 5.59. The van der Waals surface area contributed by atoms with Gasteiger partial charge in [0.25, 0.3) is 0 Å². The highest BCUT2D eigenvalue weighted by molar-refractivity contribution is 5.84. The SMILES string of the molecule is O=C(NCC1(C(=O)O)CC1)C1CC1c1ccc(OCc2ccccc2)cc1. The van der Waals surface area contributed by atoms with Gasteiger partial charge in [0.15, 0.2) is 0 Å². The Kier molecular flexibility index (Phi) is 4.60. The smallest absolute Gasteiger partial charge is 0.311 e. The quantitative estimate of drug-likeness (QED) is 0.752. The van der Waals surface area contributed by atoms with Crippen LogP contribution in [0.25, 0.3) is 0 Å². The predicted molar refractivity (Wildman–Crippen MR) is 100 cm³/mol. The number of carboxylic acid groups (broad SMARTS) is 1. The van der Waals surface area contributed by atoms with E-state index < -0.39 is 11.4 Å². The molecule has 2 saturated carbocycles. The van der Waals surface area contributed by atoms with E-state index in [1.54, 1.807) is 0 Å². The molecule has 1 amide bonds. The number of rotatable bonds is 8. The highest BCUT2D eigenvalue weighted by Crippen LogP contribution is 2.49. The van der Waals surface area contributed by atoms with Crippen LogP contribution in [0.15, 0.2) is 54.6 Å². The molecule has 27 heavy (non-hydrogen) atoms. The molecule has 2 N–H and O–H groups in total. The third-order valence-electron chi connectivity index (χ3n) is 5.59. The highest BCUT2D eigenvalue weighted by Gasteiger charge is 2.51. The molecule has 140 valence electrons. The molecule has 0 spiro atoms. The minimum Gasteiger partial charge on any atom is -0.489 e. The molecule has 2 aliphatic carbocycles. The Hall–Kier alpha value is -2.82. The zero-order valence-electron chi connectivity index (χ0n) is 15.1. The van der Waals surface area contributed by atoms with Gasteiger partial charge in [0, 0.05) is 12.5 Å². The zero-order valence-corrected chi connectivity index (χ0v) is 15.1. The van der Waals surface area contributed by atoms with E-state index >= 15 is 0 Å². The molecular weight excluding hydrogens is 342 g/mol. The molecule has 0 bridgehead atoms. The van der Waals surface area contributed by atoms with Crippen LogP contribution in [0.5, 0.6) is 5.75 Å². The standard InChI is InChI=1S/C22H23NO4/c24-20(23-14-22(10-11-22)21(25)26)19-12-18(19)16-6-8-17(9-7-16)27-13-15-4-2-1-3-5-15/h1-9,18-19H,10-14H2,(H,23,24)(H,25,26). The molecule has 2 aromatic rings. The van der Waals surface area contributed by atoms with Gasteiger partial charge >= 0.3 is 5.97 Å². The van der Waals surface area contributed by atoms with Crippen LogP contribution in [0, 0.1) is 11.3 Å². The highest BCUT2D eigenvalue weighted by atomic mass is 16.5. The van der Waals surface area contributed by atoms with Crippen LogP contribution in [-0.4, -0.2) is 23.5 Å². The maximum Gasteiger partial charge on any atom is 0.311 e. The minimum absolute atomic E-state index is 0.0306. The number of carbonyl (C=O) groups is 2. The second kappa shape index (κ2) is 7.06. The number of hydrogen-bond acceptors (Lipinski definition) is 3. The van der Waals surface area contributed by atoms with Crippen molar-refractivity contribution in [3.8, 4) is 5.75 Å². The molecule has 0 aliphatic heterocycles. The summed E-state index contributed by atoms with van der Waals surface area (Å²) in [7, 11) is 0. The van der Waals surface area contributed by atoms with Crippen molar-refractivity contribution in [3.63, 3.8) is 0 Å². The van der Waals surface area contributed by atoms with Crippen molar-refractivity contribution in [2.75, 3.05) is 6.54 Å². The number of amides is 1.